The van der Waals surface area contributed by atoms with Crippen LogP contribution < -0.4 is 4.74 Å². The molecule has 0 saturated heterocycles. The van der Waals surface area contributed by atoms with Crippen molar-refractivity contribution >= 4 is 29.2 Å². The van der Waals surface area contributed by atoms with E-state index in [-0.39, 0.29) is 5.92 Å². The zero-order valence-corrected chi connectivity index (χ0v) is 13.6. The molecule has 0 bridgehead atoms. The third-order valence-corrected chi connectivity index (χ3v) is 5.09. The summed E-state index contributed by atoms with van der Waals surface area (Å²) in [5, 5.41) is 10.3. The average Bonchev–Trinajstić information content (AvgIpc) is 2.96. The van der Waals surface area contributed by atoms with Gasteiger partial charge in [0, 0.05) is 0 Å². The normalized spacial score (nSPS) is 16.9. The SMILES string of the molecule is COc1cc(CCC(C(=O)O)C2CCCC2)cc(Cl)c1Cl. The zero-order chi connectivity index (χ0) is 15.4. The molecule has 0 heterocycles. The van der Waals surface area contributed by atoms with Crippen molar-refractivity contribution in [2.24, 2.45) is 11.8 Å². The summed E-state index contributed by atoms with van der Waals surface area (Å²) >= 11 is 12.1. The maximum Gasteiger partial charge on any atom is 0.306 e. The molecule has 1 atom stereocenters. The lowest BCUT2D eigenvalue weighted by molar-refractivity contribution is -0.143. The minimum atomic E-state index is -0.686. The van der Waals surface area contributed by atoms with Gasteiger partial charge in [0.1, 0.15) is 10.8 Å². The molecule has 1 fully saturated rings. The minimum absolute atomic E-state index is 0.270. The lowest BCUT2D eigenvalue weighted by Crippen LogP contribution is -2.22. The fourth-order valence-electron chi connectivity index (χ4n) is 3.15. The molecule has 1 aromatic rings. The van der Waals surface area contributed by atoms with E-state index < -0.39 is 5.97 Å². The molecule has 5 heteroatoms. The van der Waals surface area contributed by atoms with Crippen LogP contribution in [0.2, 0.25) is 10.0 Å². The number of carbonyl (C=O) groups is 1. The Morgan fingerprint density at radius 3 is 2.62 bits per heavy atom. The molecule has 2 rings (SSSR count). The van der Waals surface area contributed by atoms with E-state index in [1.165, 1.54) is 0 Å². The molecular formula is C16H20Cl2O3. The summed E-state index contributed by atoms with van der Waals surface area (Å²) in [5.74, 6) is -0.110. The van der Waals surface area contributed by atoms with Crippen LogP contribution in [0.3, 0.4) is 0 Å². The topological polar surface area (TPSA) is 46.5 Å². The highest BCUT2D eigenvalue weighted by Gasteiger charge is 2.30. The van der Waals surface area contributed by atoms with E-state index in [9.17, 15) is 9.90 Å². The van der Waals surface area contributed by atoms with Crippen molar-refractivity contribution in [2.75, 3.05) is 7.11 Å². The Hall–Kier alpha value is -0.930. The van der Waals surface area contributed by atoms with E-state index in [0.29, 0.717) is 34.6 Å². The third kappa shape index (κ3) is 4.04. The van der Waals surface area contributed by atoms with Gasteiger partial charge in [0.2, 0.25) is 0 Å². The average molecular weight is 331 g/mol. The van der Waals surface area contributed by atoms with Crippen LogP contribution in [0.1, 0.15) is 37.7 Å². The monoisotopic (exact) mass is 330 g/mol. The number of hydrogen-bond donors (Lipinski definition) is 1. The van der Waals surface area contributed by atoms with Gasteiger partial charge in [-0.05, 0) is 49.3 Å². The summed E-state index contributed by atoms with van der Waals surface area (Å²) in [5.41, 5.74) is 0.963. The molecule has 0 amide bonds. The number of carboxylic acids is 1. The van der Waals surface area contributed by atoms with E-state index in [4.69, 9.17) is 27.9 Å². The molecule has 21 heavy (non-hydrogen) atoms. The van der Waals surface area contributed by atoms with Gasteiger partial charge in [-0.3, -0.25) is 4.79 Å². The smallest absolute Gasteiger partial charge is 0.306 e. The molecule has 0 aromatic heterocycles. The number of aryl methyl sites for hydroxylation is 1. The molecule has 0 spiro atoms. The van der Waals surface area contributed by atoms with Gasteiger partial charge in [0.15, 0.2) is 0 Å². The van der Waals surface area contributed by atoms with Crippen molar-refractivity contribution in [3.8, 4) is 5.75 Å². The first-order chi connectivity index (χ1) is 10.0. The molecule has 0 aliphatic heterocycles. The Morgan fingerprint density at radius 1 is 1.38 bits per heavy atom. The Kier molecular flexibility index (Phi) is 5.77. The summed E-state index contributed by atoms with van der Waals surface area (Å²) in [6.45, 7) is 0. The maximum atomic E-state index is 11.5. The first-order valence-electron chi connectivity index (χ1n) is 7.27. The molecule has 1 saturated carbocycles. The number of ether oxygens (including phenoxy) is 1. The molecule has 0 radical (unpaired) electrons. The largest absolute Gasteiger partial charge is 0.495 e. The van der Waals surface area contributed by atoms with Crippen LogP contribution >= 0.6 is 23.2 Å². The highest BCUT2D eigenvalue weighted by atomic mass is 35.5. The summed E-state index contributed by atoms with van der Waals surface area (Å²) in [6.07, 6.45) is 5.65. The van der Waals surface area contributed by atoms with Crippen LogP contribution in [0.4, 0.5) is 0 Å². The van der Waals surface area contributed by atoms with Crippen molar-refractivity contribution in [1.29, 1.82) is 0 Å². The number of aliphatic carboxylic acids is 1. The fraction of sp³-hybridized carbons (Fsp3) is 0.562. The maximum absolute atomic E-state index is 11.5. The van der Waals surface area contributed by atoms with Crippen molar-refractivity contribution in [1.82, 2.24) is 0 Å². The van der Waals surface area contributed by atoms with Gasteiger partial charge in [-0.1, -0.05) is 36.0 Å². The van der Waals surface area contributed by atoms with Gasteiger partial charge in [0.05, 0.1) is 18.1 Å². The van der Waals surface area contributed by atoms with Gasteiger partial charge in [-0.25, -0.2) is 0 Å². The van der Waals surface area contributed by atoms with Crippen LogP contribution in [0.15, 0.2) is 12.1 Å². The number of methoxy groups -OCH3 is 1. The van der Waals surface area contributed by atoms with Crippen molar-refractivity contribution < 1.29 is 14.6 Å². The van der Waals surface area contributed by atoms with Gasteiger partial charge in [-0.2, -0.15) is 0 Å². The third-order valence-electron chi connectivity index (χ3n) is 4.30. The standard InChI is InChI=1S/C16H20Cl2O3/c1-21-14-9-10(8-13(17)15(14)18)6-7-12(16(19)20)11-4-2-3-5-11/h8-9,11-12H,2-7H2,1H3,(H,19,20). The van der Waals surface area contributed by atoms with Gasteiger partial charge >= 0.3 is 5.97 Å². The predicted molar refractivity (Wildman–Crippen MR) is 84.4 cm³/mol. The Bertz CT molecular complexity index is 510. The van der Waals surface area contributed by atoms with Crippen LogP contribution in [-0.4, -0.2) is 18.2 Å². The highest BCUT2D eigenvalue weighted by molar-refractivity contribution is 6.43. The first kappa shape index (κ1) is 16.4. The minimum Gasteiger partial charge on any atom is -0.495 e. The molecule has 1 N–H and O–H groups in total. The van der Waals surface area contributed by atoms with Gasteiger partial charge in [-0.15, -0.1) is 0 Å². The van der Waals surface area contributed by atoms with E-state index >= 15 is 0 Å². The molecule has 116 valence electrons. The van der Waals surface area contributed by atoms with Crippen molar-refractivity contribution in [3.05, 3.63) is 27.7 Å². The first-order valence-corrected chi connectivity index (χ1v) is 8.03. The molecule has 1 aliphatic rings. The molecule has 1 aliphatic carbocycles. The van der Waals surface area contributed by atoms with Crippen molar-refractivity contribution in [2.45, 2.75) is 38.5 Å². The van der Waals surface area contributed by atoms with Crippen LogP contribution in [0.25, 0.3) is 0 Å². The number of benzene rings is 1. The summed E-state index contributed by atoms with van der Waals surface area (Å²) < 4.78 is 5.19. The number of hydrogen-bond acceptors (Lipinski definition) is 2. The van der Waals surface area contributed by atoms with Gasteiger partial charge in [0.25, 0.3) is 0 Å². The van der Waals surface area contributed by atoms with Crippen molar-refractivity contribution in [3.63, 3.8) is 0 Å². The van der Waals surface area contributed by atoms with E-state index in [1.54, 1.807) is 13.2 Å². The van der Waals surface area contributed by atoms with E-state index in [1.807, 2.05) is 6.07 Å². The second kappa shape index (κ2) is 7.37. The summed E-state index contributed by atoms with van der Waals surface area (Å²) in [4.78, 5) is 11.5. The molecule has 1 unspecified atom stereocenters. The lowest BCUT2D eigenvalue weighted by atomic mass is 9.86. The molecular weight excluding hydrogens is 311 g/mol. The van der Waals surface area contributed by atoms with E-state index in [2.05, 4.69) is 0 Å². The summed E-state index contributed by atoms with van der Waals surface area (Å²) in [7, 11) is 1.54. The highest BCUT2D eigenvalue weighted by Crippen LogP contribution is 2.36. The molecule has 3 nitrogen and oxygen atoms in total. The quantitative estimate of drug-likeness (QED) is 0.812. The molecule has 1 aromatic carbocycles. The Labute approximate surface area is 135 Å². The number of carboxylic acid groups (broad SMARTS) is 1. The summed E-state index contributed by atoms with van der Waals surface area (Å²) in [6, 6.07) is 3.63. The second-order valence-corrected chi connectivity index (χ2v) is 6.41. The van der Waals surface area contributed by atoms with Crippen LogP contribution in [0.5, 0.6) is 5.75 Å². The zero-order valence-electron chi connectivity index (χ0n) is 12.1. The predicted octanol–water partition coefficient (Wildman–Crippen LogP) is 4.83. The fourth-order valence-corrected chi connectivity index (χ4v) is 3.57. The Morgan fingerprint density at radius 2 is 2.05 bits per heavy atom. The lowest BCUT2D eigenvalue weighted by Gasteiger charge is -2.19. The number of rotatable bonds is 6. The Balaban J connectivity index is 2.06. The van der Waals surface area contributed by atoms with Gasteiger partial charge < -0.3 is 9.84 Å². The number of halogens is 2. The van der Waals surface area contributed by atoms with Crippen LogP contribution in [-0.2, 0) is 11.2 Å². The van der Waals surface area contributed by atoms with Crippen LogP contribution in [0, 0.1) is 11.8 Å². The van der Waals surface area contributed by atoms with E-state index in [0.717, 1.165) is 31.2 Å². The second-order valence-electron chi connectivity index (χ2n) is 5.62.